The third-order valence-electron chi connectivity index (χ3n) is 12.7. The molecule has 4 saturated heterocycles. The normalized spacial score (nSPS) is 39.3. The van der Waals surface area contributed by atoms with Crippen molar-refractivity contribution < 1.29 is 83.2 Å². The minimum Gasteiger partial charge on any atom is -0.451 e. The minimum atomic E-state index is -2.19. The van der Waals surface area contributed by atoms with E-state index in [1.165, 1.54) is 24.3 Å². The van der Waals surface area contributed by atoms with Gasteiger partial charge in [0.05, 0.1) is 92.7 Å². The van der Waals surface area contributed by atoms with Crippen LogP contribution in [0.3, 0.4) is 0 Å². The molecule has 0 amide bonds. The number of azide groups is 8. The van der Waals surface area contributed by atoms with Crippen LogP contribution in [0, 0.1) is 0 Å². The molecular weight excluding hydrogens is 1040 g/mol. The fourth-order valence-electron chi connectivity index (χ4n) is 8.97. The number of rotatable bonds is 22. The molecule has 1 aromatic rings. The number of esters is 1. The number of aliphatic hydroxyl groups is 7. The van der Waals surface area contributed by atoms with Gasteiger partial charge in [-0.1, -0.05) is 59.1 Å². The number of ether oxygens (including phenoxy) is 9. The third kappa shape index (κ3) is 13.8. The molecule has 6 rings (SSSR count). The number of aliphatic hydroxyl groups excluding tert-OH is 7. The number of benzene rings is 1. The Labute approximate surface area is 428 Å². The second-order valence-corrected chi connectivity index (χ2v) is 17.1. The summed E-state index contributed by atoms with van der Waals surface area (Å²) in [5.41, 5.74) is 74.4. The molecule has 0 aromatic heterocycles. The summed E-state index contributed by atoms with van der Waals surface area (Å²) < 4.78 is 53.8. The predicted octanol–water partition coefficient (Wildman–Crippen LogP) is 1.54. The lowest BCUT2D eigenvalue weighted by Gasteiger charge is -2.47. The molecule has 41 heteroatoms. The van der Waals surface area contributed by atoms with Gasteiger partial charge in [-0.05, 0) is 62.8 Å². The van der Waals surface area contributed by atoms with E-state index < -0.39 is 186 Å². The van der Waals surface area contributed by atoms with Crippen molar-refractivity contribution in [3.63, 3.8) is 0 Å². The smallest absolute Gasteiger partial charge is 0.338 e. The van der Waals surface area contributed by atoms with Gasteiger partial charge in [0, 0.05) is 39.3 Å². The highest BCUT2D eigenvalue weighted by molar-refractivity contribution is 5.89. The van der Waals surface area contributed by atoms with Crippen LogP contribution >= 0.6 is 0 Å². The number of hydrogen-bond donors (Lipinski definition) is 7. The Kier molecular flexibility index (Phi) is 21.5. The molecule has 24 atom stereocenters. The first kappa shape index (κ1) is 58.8. The SMILES string of the molecule is [N-]=[N+]=NCC1O[C@H](O[C@@H]2C(N=[N+]=[N-])C[C@@H](N=[N+]=[N-])C(O)[C@H]2O[C@@H]2O[C@H](CO[C@H]3OC(CN=[N+]=[N-])[C@@H](N=[N+]=[N-])[C@H](O)C3OC(=O)c3ccccc3)[C@H](O[C@H]3O[C@@H](CN=[N+]=[N-])[C@@H](O)C(O)C3N=[N+]=[N-])C2O)C(N=[N+]=[N-])[C@@H](O)[C@@H]1O. The lowest BCUT2D eigenvalue weighted by molar-refractivity contribution is -0.308. The molecule has 5 fully saturated rings. The van der Waals surface area contributed by atoms with Gasteiger partial charge in [0.15, 0.2) is 31.3 Å². The minimum absolute atomic E-state index is 0.0264. The highest BCUT2D eigenvalue weighted by Crippen LogP contribution is 2.39. The van der Waals surface area contributed by atoms with Crippen LogP contribution in [0.2, 0.25) is 0 Å². The van der Waals surface area contributed by atoms with Crippen molar-refractivity contribution in [3.05, 3.63) is 119 Å². The Morgan fingerprint density at radius 1 is 0.468 bits per heavy atom. The van der Waals surface area contributed by atoms with E-state index in [1.54, 1.807) is 6.07 Å². The molecule has 0 radical (unpaired) electrons. The molecule has 1 aromatic carbocycles. The van der Waals surface area contributed by atoms with Gasteiger partial charge in [0.1, 0.15) is 54.8 Å². The molecule has 41 nitrogen and oxygen atoms in total. The maximum Gasteiger partial charge on any atom is 0.338 e. The zero-order valence-electron chi connectivity index (χ0n) is 39.2. The summed E-state index contributed by atoms with van der Waals surface area (Å²) in [6.45, 7) is -2.75. The molecule has 412 valence electrons. The highest BCUT2D eigenvalue weighted by Gasteiger charge is 2.57. The fraction of sp³-hybridized carbons (Fsp3) is 0.806. The second kappa shape index (κ2) is 28.1. The van der Waals surface area contributed by atoms with Gasteiger partial charge >= 0.3 is 5.97 Å². The summed E-state index contributed by atoms with van der Waals surface area (Å²) in [4.78, 5) is 34.9. The molecule has 7 N–H and O–H groups in total. The maximum absolute atomic E-state index is 13.4. The van der Waals surface area contributed by atoms with E-state index in [9.17, 15) is 68.2 Å². The number of carbonyl (C=O) groups is 1. The molecule has 1 aliphatic carbocycles. The molecule has 0 spiro atoms. The number of hydrogen-bond acceptors (Lipinski definition) is 25. The predicted molar refractivity (Wildman–Crippen MR) is 244 cm³/mol. The zero-order valence-corrected chi connectivity index (χ0v) is 39.2. The lowest BCUT2D eigenvalue weighted by Crippen LogP contribution is -2.63. The third-order valence-corrected chi connectivity index (χ3v) is 12.7. The Bertz CT molecular complexity index is 2600. The van der Waals surface area contributed by atoms with E-state index in [4.69, 9.17) is 59.2 Å². The topological polar surface area (TPSA) is 632 Å². The average Bonchev–Trinajstić information content (AvgIpc) is 3.73. The number of carbonyl (C=O) groups excluding carboxylic acids is 1. The van der Waals surface area contributed by atoms with Gasteiger partial charge < -0.3 is 78.4 Å². The standard InChI is InChI=1S/C36H46N24O17/c37-53-45-7-14-18(50-58-42)26(66)31(74-32(68)11-4-2-1-3-5-11)36(70-14)69-10-17-29(76-34-20(52-60-44)25(65)23(63)16(72-34)9-47-55-39)27(67)35(73-17)77-30-21(61)12(48-56-40)6-13(49-57-41)28(30)75-33-19(51-59-43)24(64)22(62)15(71-33)8-46-54-38/h1-5,12-31,33-36,61-67H,6-10H2/t12-,13?,14?,15?,16+,17-,18-,19?,20?,21?,22-,23-,24-,25?,26+,27?,28-,29+,30-,31?,33-,34-,35+,36+/m1/s1. The highest BCUT2D eigenvalue weighted by atomic mass is 16.8. The summed E-state index contributed by atoms with van der Waals surface area (Å²) in [6, 6.07) is -0.976. The van der Waals surface area contributed by atoms with E-state index >= 15 is 0 Å². The van der Waals surface area contributed by atoms with Crippen LogP contribution in [0.5, 0.6) is 0 Å². The van der Waals surface area contributed by atoms with Crippen molar-refractivity contribution in [1.82, 2.24) is 0 Å². The van der Waals surface area contributed by atoms with Crippen LogP contribution in [-0.2, 0) is 42.6 Å². The molecule has 9 unspecified atom stereocenters. The molecule has 4 heterocycles. The summed E-state index contributed by atoms with van der Waals surface area (Å²) >= 11 is 0. The Morgan fingerprint density at radius 2 is 0.935 bits per heavy atom. The molecule has 5 aliphatic rings. The Balaban J connectivity index is 1.40. The average molecular weight is 1090 g/mol. The molecule has 1 saturated carbocycles. The molecular formula is C36H46N24O17. The lowest BCUT2D eigenvalue weighted by atomic mass is 9.84. The second-order valence-electron chi connectivity index (χ2n) is 17.1. The molecule has 4 aliphatic heterocycles. The van der Waals surface area contributed by atoms with E-state index in [2.05, 4.69) is 80.2 Å². The van der Waals surface area contributed by atoms with Crippen molar-refractivity contribution in [2.75, 3.05) is 26.2 Å². The van der Waals surface area contributed by atoms with Crippen LogP contribution in [-0.4, -0.2) is 215 Å². The first-order chi connectivity index (χ1) is 37.2. The van der Waals surface area contributed by atoms with Crippen LogP contribution in [0.4, 0.5) is 0 Å². The van der Waals surface area contributed by atoms with Crippen molar-refractivity contribution in [2.45, 2.75) is 153 Å². The van der Waals surface area contributed by atoms with Gasteiger partial charge in [-0.3, -0.25) is 0 Å². The van der Waals surface area contributed by atoms with Crippen LogP contribution in [0.1, 0.15) is 16.8 Å². The summed E-state index contributed by atoms with van der Waals surface area (Å²) in [5, 5.41) is 107. The van der Waals surface area contributed by atoms with E-state index in [1.807, 2.05) is 0 Å². The van der Waals surface area contributed by atoms with E-state index in [0.717, 1.165) is 0 Å². The summed E-state index contributed by atoms with van der Waals surface area (Å²) in [7, 11) is 0. The van der Waals surface area contributed by atoms with Crippen molar-refractivity contribution in [2.24, 2.45) is 40.9 Å². The van der Waals surface area contributed by atoms with Gasteiger partial charge in [-0.25, -0.2) is 4.79 Å². The van der Waals surface area contributed by atoms with E-state index in [-0.39, 0.29) is 5.56 Å². The zero-order chi connectivity index (χ0) is 55.8. The fourth-order valence-corrected chi connectivity index (χ4v) is 8.97. The van der Waals surface area contributed by atoms with Crippen LogP contribution in [0.15, 0.2) is 71.2 Å². The van der Waals surface area contributed by atoms with Crippen molar-refractivity contribution in [3.8, 4) is 0 Å². The van der Waals surface area contributed by atoms with Crippen molar-refractivity contribution in [1.29, 1.82) is 0 Å². The largest absolute Gasteiger partial charge is 0.451 e. The molecule has 77 heavy (non-hydrogen) atoms. The Hall–Kier alpha value is -7.43. The number of nitrogens with zero attached hydrogens (tertiary/aromatic N) is 24. The van der Waals surface area contributed by atoms with Gasteiger partial charge in [-0.2, -0.15) is 0 Å². The molecule has 0 bridgehead atoms. The van der Waals surface area contributed by atoms with Crippen LogP contribution < -0.4 is 0 Å². The van der Waals surface area contributed by atoms with Crippen molar-refractivity contribution >= 4 is 5.97 Å². The van der Waals surface area contributed by atoms with Gasteiger partial charge in [0.2, 0.25) is 0 Å². The van der Waals surface area contributed by atoms with Gasteiger partial charge in [-0.15, -0.1) is 0 Å². The summed E-state index contributed by atoms with van der Waals surface area (Å²) in [6.07, 6.45) is -36.2. The maximum atomic E-state index is 13.4. The Morgan fingerprint density at radius 3 is 1.47 bits per heavy atom. The summed E-state index contributed by atoms with van der Waals surface area (Å²) in [5.74, 6) is -1.04. The van der Waals surface area contributed by atoms with Gasteiger partial charge in [0.25, 0.3) is 0 Å². The monoisotopic (exact) mass is 1090 g/mol. The first-order valence-corrected chi connectivity index (χ1v) is 22.7. The quantitative estimate of drug-likeness (QED) is 0.0375. The van der Waals surface area contributed by atoms with Crippen LogP contribution in [0.25, 0.3) is 83.5 Å². The first-order valence-electron chi connectivity index (χ1n) is 22.7. The van der Waals surface area contributed by atoms with E-state index in [0.29, 0.717) is 0 Å².